The van der Waals surface area contributed by atoms with Gasteiger partial charge in [0, 0.05) is 0 Å². The number of aliphatic hydroxyl groups is 1. The molecule has 2 N–H and O–H groups in total. The van der Waals surface area contributed by atoms with Gasteiger partial charge in [-0.2, -0.15) is 0 Å². The quantitative estimate of drug-likeness (QED) is 0.756. The van der Waals surface area contributed by atoms with Crippen LogP contribution in [0.2, 0.25) is 10.0 Å². The summed E-state index contributed by atoms with van der Waals surface area (Å²) in [7, 11) is 0. The van der Waals surface area contributed by atoms with Gasteiger partial charge in [-0.15, -0.1) is 0 Å². The van der Waals surface area contributed by atoms with Crippen molar-refractivity contribution in [2.45, 2.75) is 0 Å². The fourth-order valence-electron chi connectivity index (χ4n) is 1.37. The van der Waals surface area contributed by atoms with Gasteiger partial charge < -0.3 is 5.11 Å². The summed E-state index contributed by atoms with van der Waals surface area (Å²) in [4.78, 5) is 22.4. The molecular formula is C10H5Cl2NO3. The molecule has 0 bridgehead atoms. The summed E-state index contributed by atoms with van der Waals surface area (Å²) in [5.74, 6) is -2.07. The molecule has 0 atom stereocenters. The smallest absolute Gasteiger partial charge is 0.293 e. The van der Waals surface area contributed by atoms with Crippen molar-refractivity contribution >= 4 is 40.6 Å². The van der Waals surface area contributed by atoms with Crippen LogP contribution in [-0.2, 0) is 9.59 Å². The van der Waals surface area contributed by atoms with E-state index in [0.29, 0.717) is 10.6 Å². The van der Waals surface area contributed by atoms with Crippen molar-refractivity contribution in [3.63, 3.8) is 0 Å². The number of amides is 2. The van der Waals surface area contributed by atoms with Crippen molar-refractivity contribution in [2.24, 2.45) is 0 Å². The predicted molar refractivity (Wildman–Crippen MR) is 59.2 cm³/mol. The van der Waals surface area contributed by atoms with Crippen molar-refractivity contribution in [2.75, 3.05) is 0 Å². The molecule has 0 saturated carbocycles. The summed E-state index contributed by atoms with van der Waals surface area (Å²) < 4.78 is 0. The van der Waals surface area contributed by atoms with Gasteiger partial charge in [0.2, 0.25) is 0 Å². The Labute approximate surface area is 100 Å². The standard InChI is InChI=1S/C10H5Cl2NO3/c11-5-2-1-4(3-6(5)12)7-8(14)10(16)13-9(7)15/h1-3H,(H2,13,14,15,16). The summed E-state index contributed by atoms with van der Waals surface area (Å²) in [5, 5.41) is 12.0. The first kappa shape index (κ1) is 11.0. The van der Waals surface area contributed by atoms with Crippen LogP contribution < -0.4 is 5.32 Å². The lowest BCUT2D eigenvalue weighted by Gasteiger charge is -2.02. The summed E-state index contributed by atoms with van der Waals surface area (Å²) in [6.45, 7) is 0. The molecule has 2 amide bonds. The number of rotatable bonds is 1. The average Bonchev–Trinajstić information content (AvgIpc) is 2.47. The predicted octanol–water partition coefficient (Wildman–Crippen LogP) is 1.92. The Balaban J connectivity index is 2.56. The monoisotopic (exact) mass is 257 g/mol. The van der Waals surface area contributed by atoms with Crippen LogP contribution in [0.1, 0.15) is 5.56 Å². The SMILES string of the molecule is O=C1NC(=O)C(c2ccc(Cl)c(Cl)c2)=C1O. The molecule has 0 unspecified atom stereocenters. The molecule has 1 aliphatic heterocycles. The van der Waals surface area contributed by atoms with Crippen molar-refractivity contribution in [1.82, 2.24) is 5.32 Å². The van der Waals surface area contributed by atoms with E-state index in [1.807, 2.05) is 5.32 Å². The van der Waals surface area contributed by atoms with Crippen LogP contribution in [-0.4, -0.2) is 16.9 Å². The number of benzene rings is 1. The largest absolute Gasteiger partial charge is 0.502 e. The fourth-order valence-corrected chi connectivity index (χ4v) is 1.66. The maximum atomic E-state index is 11.4. The number of imide groups is 1. The van der Waals surface area contributed by atoms with Crippen molar-refractivity contribution in [3.05, 3.63) is 39.6 Å². The van der Waals surface area contributed by atoms with E-state index in [2.05, 4.69) is 0 Å². The maximum Gasteiger partial charge on any atom is 0.293 e. The molecule has 0 aromatic heterocycles. The molecule has 2 rings (SSSR count). The third-order valence-corrected chi connectivity index (χ3v) is 2.85. The zero-order chi connectivity index (χ0) is 11.9. The van der Waals surface area contributed by atoms with Gasteiger partial charge in [-0.05, 0) is 17.7 Å². The van der Waals surface area contributed by atoms with E-state index in [1.165, 1.54) is 18.2 Å². The molecule has 4 nitrogen and oxygen atoms in total. The number of nitrogens with one attached hydrogen (secondary N) is 1. The number of carbonyl (C=O) groups is 2. The van der Waals surface area contributed by atoms with E-state index in [0.717, 1.165) is 0 Å². The Morgan fingerprint density at radius 2 is 1.75 bits per heavy atom. The van der Waals surface area contributed by atoms with Gasteiger partial charge in [0.1, 0.15) is 0 Å². The molecule has 0 aliphatic carbocycles. The Hall–Kier alpha value is -1.52. The van der Waals surface area contributed by atoms with Crippen LogP contribution in [0, 0.1) is 0 Å². The zero-order valence-electron chi connectivity index (χ0n) is 7.75. The zero-order valence-corrected chi connectivity index (χ0v) is 9.26. The van der Waals surface area contributed by atoms with Crippen molar-refractivity contribution < 1.29 is 14.7 Å². The second kappa shape index (κ2) is 3.81. The molecule has 0 fully saturated rings. The molecule has 1 aliphatic rings. The van der Waals surface area contributed by atoms with Crippen LogP contribution in [0.3, 0.4) is 0 Å². The third kappa shape index (κ3) is 1.66. The third-order valence-electron chi connectivity index (χ3n) is 2.11. The molecule has 82 valence electrons. The number of hydrogen-bond acceptors (Lipinski definition) is 3. The number of hydrogen-bond donors (Lipinski definition) is 2. The van der Waals surface area contributed by atoms with E-state index in [9.17, 15) is 14.7 Å². The molecule has 0 saturated heterocycles. The van der Waals surface area contributed by atoms with Gasteiger partial charge in [0.05, 0.1) is 15.6 Å². The van der Waals surface area contributed by atoms with E-state index in [-0.39, 0.29) is 10.6 Å². The molecule has 1 aromatic carbocycles. The first-order chi connectivity index (χ1) is 7.50. The highest BCUT2D eigenvalue weighted by atomic mass is 35.5. The Morgan fingerprint density at radius 1 is 1.06 bits per heavy atom. The molecule has 0 spiro atoms. The second-order valence-corrected chi connectivity index (χ2v) is 3.95. The molecular weight excluding hydrogens is 253 g/mol. The van der Waals surface area contributed by atoms with Gasteiger partial charge in [-0.25, -0.2) is 0 Å². The topological polar surface area (TPSA) is 66.4 Å². The van der Waals surface area contributed by atoms with Crippen LogP contribution in [0.25, 0.3) is 5.57 Å². The normalized spacial score (nSPS) is 15.6. The van der Waals surface area contributed by atoms with Crippen LogP contribution in [0.5, 0.6) is 0 Å². The lowest BCUT2D eigenvalue weighted by atomic mass is 10.1. The van der Waals surface area contributed by atoms with Gasteiger partial charge >= 0.3 is 0 Å². The Kier molecular flexibility index (Phi) is 2.61. The molecule has 0 radical (unpaired) electrons. The highest BCUT2D eigenvalue weighted by Gasteiger charge is 2.31. The summed E-state index contributed by atoms with van der Waals surface area (Å²) in [6, 6.07) is 4.39. The van der Waals surface area contributed by atoms with Gasteiger partial charge in [-0.1, -0.05) is 29.3 Å². The number of halogens is 2. The average molecular weight is 258 g/mol. The Bertz CT molecular complexity index is 537. The van der Waals surface area contributed by atoms with E-state index < -0.39 is 17.6 Å². The minimum atomic E-state index is -0.814. The van der Waals surface area contributed by atoms with Crippen LogP contribution in [0.4, 0.5) is 0 Å². The lowest BCUT2D eigenvalue weighted by molar-refractivity contribution is -0.124. The minimum Gasteiger partial charge on any atom is -0.502 e. The van der Waals surface area contributed by atoms with Gasteiger partial charge in [0.15, 0.2) is 5.76 Å². The first-order valence-electron chi connectivity index (χ1n) is 4.25. The molecule has 1 heterocycles. The van der Waals surface area contributed by atoms with E-state index >= 15 is 0 Å². The lowest BCUT2D eigenvalue weighted by Crippen LogP contribution is -2.22. The van der Waals surface area contributed by atoms with Crippen molar-refractivity contribution in [1.29, 1.82) is 0 Å². The highest BCUT2D eigenvalue weighted by molar-refractivity contribution is 6.42. The van der Waals surface area contributed by atoms with Crippen molar-refractivity contribution in [3.8, 4) is 0 Å². The molecule has 1 aromatic rings. The fraction of sp³-hybridized carbons (Fsp3) is 0. The summed E-state index contributed by atoms with van der Waals surface area (Å²) in [6.07, 6.45) is 0. The van der Waals surface area contributed by atoms with E-state index in [1.54, 1.807) is 0 Å². The summed E-state index contributed by atoms with van der Waals surface area (Å²) >= 11 is 11.5. The summed E-state index contributed by atoms with van der Waals surface area (Å²) in [5.41, 5.74) is 0.249. The number of carbonyl (C=O) groups excluding carboxylic acids is 2. The van der Waals surface area contributed by atoms with Crippen LogP contribution in [0.15, 0.2) is 24.0 Å². The molecule has 6 heteroatoms. The van der Waals surface area contributed by atoms with Crippen LogP contribution >= 0.6 is 23.2 Å². The molecule has 16 heavy (non-hydrogen) atoms. The minimum absolute atomic E-state index is 0.0939. The first-order valence-corrected chi connectivity index (χ1v) is 5.00. The highest BCUT2D eigenvalue weighted by Crippen LogP contribution is 2.28. The van der Waals surface area contributed by atoms with E-state index in [4.69, 9.17) is 23.2 Å². The van der Waals surface area contributed by atoms with Gasteiger partial charge in [0.25, 0.3) is 11.8 Å². The Morgan fingerprint density at radius 3 is 2.25 bits per heavy atom. The number of aliphatic hydroxyl groups excluding tert-OH is 1. The van der Waals surface area contributed by atoms with Gasteiger partial charge in [-0.3, -0.25) is 14.9 Å². The maximum absolute atomic E-state index is 11.4. The second-order valence-electron chi connectivity index (χ2n) is 3.14.